The van der Waals surface area contributed by atoms with E-state index in [1.54, 1.807) is 24.3 Å². The lowest BCUT2D eigenvalue weighted by Crippen LogP contribution is -2.58. The molecule has 8 nitrogen and oxygen atoms in total. The van der Waals surface area contributed by atoms with Crippen molar-refractivity contribution in [2.24, 2.45) is 5.41 Å². The second kappa shape index (κ2) is 7.85. The highest BCUT2D eigenvalue weighted by Crippen LogP contribution is 2.36. The van der Waals surface area contributed by atoms with Gasteiger partial charge in [0.2, 0.25) is 0 Å². The second-order valence-electron chi connectivity index (χ2n) is 6.89. The number of hydrogen-bond acceptors (Lipinski definition) is 6. The molecule has 1 fully saturated rings. The highest BCUT2D eigenvalue weighted by Gasteiger charge is 2.50. The first-order valence-electron chi connectivity index (χ1n) is 8.85. The summed E-state index contributed by atoms with van der Waals surface area (Å²) in [7, 11) is 1.52. The average molecular weight is 386 g/mol. The number of benzene rings is 1. The molecule has 8 heteroatoms. The van der Waals surface area contributed by atoms with Gasteiger partial charge in [-0.2, -0.15) is 0 Å². The smallest absolute Gasteiger partial charge is 0.314 e. The lowest BCUT2D eigenvalue weighted by atomic mass is 9.72. The number of aliphatic hydroxyl groups is 1. The van der Waals surface area contributed by atoms with Crippen LogP contribution in [-0.2, 0) is 11.2 Å². The first-order valence-corrected chi connectivity index (χ1v) is 8.85. The standard InChI is InChI=1S/C20H22N2O6/c1-28-14-5-2-4-13(10-14)11-20(19(26)27)12-22(9-7-16(20)24)18(25)17-15(23)6-3-8-21-17/h2-6,8,10,16,23-24H,7,9,11-12H2,1H3,(H,26,27)/t16-,20+/m0/s1. The molecule has 148 valence electrons. The molecule has 1 aromatic heterocycles. The van der Waals surface area contributed by atoms with Crippen LogP contribution in [0.1, 0.15) is 22.5 Å². The molecule has 0 bridgehead atoms. The number of aromatic nitrogens is 1. The molecule has 1 amide bonds. The highest BCUT2D eigenvalue weighted by molar-refractivity contribution is 5.95. The molecule has 1 aromatic carbocycles. The Morgan fingerprint density at radius 1 is 1.32 bits per heavy atom. The number of methoxy groups -OCH3 is 1. The van der Waals surface area contributed by atoms with Gasteiger partial charge in [-0.3, -0.25) is 9.59 Å². The summed E-state index contributed by atoms with van der Waals surface area (Å²) in [5.74, 6) is -1.45. The largest absolute Gasteiger partial charge is 0.505 e. The number of hydrogen-bond donors (Lipinski definition) is 3. The molecule has 28 heavy (non-hydrogen) atoms. The van der Waals surface area contributed by atoms with E-state index in [2.05, 4.69) is 4.98 Å². The minimum Gasteiger partial charge on any atom is -0.505 e. The van der Waals surface area contributed by atoms with Crippen LogP contribution < -0.4 is 4.74 Å². The number of carboxylic acid groups (broad SMARTS) is 1. The van der Waals surface area contributed by atoms with Gasteiger partial charge >= 0.3 is 5.97 Å². The van der Waals surface area contributed by atoms with Crippen LogP contribution in [0, 0.1) is 5.41 Å². The Morgan fingerprint density at radius 3 is 2.79 bits per heavy atom. The Bertz CT molecular complexity index is 887. The van der Waals surface area contributed by atoms with Crippen LogP contribution in [0.2, 0.25) is 0 Å². The maximum absolute atomic E-state index is 12.8. The molecule has 0 unspecified atom stereocenters. The van der Waals surface area contributed by atoms with Crippen molar-refractivity contribution in [3.8, 4) is 11.5 Å². The molecule has 1 aliphatic rings. The number of piperidine rings is 1. The summed E-state index contributed by atoms with van der Waals surface area (Å²) < 4.78 is 5.18. The lowest BCUT2D eigenvalue weighted by Gasteiger charge is -2.43. The molecule has 0 spiro atoms. The van der Waals surface area contributed by atoms with E-state index in [0.717, 1.165) is 0 Å². The van der Waals surface area contributed by atoms with Gasteiger partial charge in [-0.25, -0.2) is 4.98 Å². The highest BCUT2D eigenvalue weighted by atomic mass is 16.5. The van der Waals surface area contributed by atoms with Crippen molar-refractivity contribution in [3.05, 3.63) is 53.9 Å². The minimum absolute atomic E-state index is 0.0265. The third-order valence-electron chi connectivity index (χ3n) is 5.14. The van der Waals surface area contributed by atoms with Crippen molar-refractivity contribution >= 4 is 11.9 Å². The van der Waals surface area contributed by atoms with E-state index in [-0.39, 0.29) is 37.4 Å². The van der Waals surface area contributed by atoms with Crippen LogP contribution in [0.15, 0.2) is 42.6 Å². The monoisotopic (exact) mass is 386 g/mol. The molecular weight excluding hydrogens is 364 g/mol. The number of rotatable bonds is 5. The first kappa shape index (κ1) is 19.6. The fraction of sp³-hybridized carbons (Fsp3) is 0.350. The minimum atomic E-state index is -1.58. The number of aliphatic hydroxyl groups excluding tert-OH is 1. The van der Waals surface area contributed by atoms with Crippen molar-refractivity contribution in [2.75, 3.05) is 20.2 Å². The Morgan fingerprint density at radius 2 is 2.11 bits per heavy atom. The van der Waals surface area contributed by atoms with E-state index in [4.69, 9.17) is 4.74 Å². The van der Waals surface area contributed by atoms with E-state index >= 15 is 0 Å². The van der Waals surface area contributed by atoms with E-state index in [1.807, 2.05) is 0 Å². The number of aromatic hydroxyl groups is 1. The summed E-state index contributed by atoms with van der Waals surface area (Å²) in [6.07, 6.45) is 0.387. The van der Waals surface area contributed by atoms with Gasteiger partial charge in [0, 0.05) is 19.3 Å². The van der Waals surface area contributed by atoms with Crippen molar-refractivity contribution in [1.29, 1.82) is 0 Å². The van der Waals surface area contributed by atoms with Crippen molar-refractivity contribution in [1.82, 2.24) is 9.88 Å². The van der Waals surface area contributed by atoms with Crippen LogP contribution in [-0.4, -0.2) is 63.4 Å². The zero-order valence-electron chi connectivity index (χ0n) is 15.4. The number of carboxylic acids is 1. The van der Waals surface area contributed by atoms with Gasteiger partial charge in [0.25, 0.3) is 5.91 Å². The average Bonchev–Trinajstić information content (AvgIpc) is 2.69. The Hall–Kier alpha value is -3.13. The molecule has 2 atom stereocenters. The number of pyridine rings is 1. The molecule has 0 aliphatic carbocycles. The zero-order valence-corrected chi connectivity index (χ0v) is 15.4. The summed E-state index contributed by atoms with van der Waals surface area (Å²) >= 11 is 0. The summed E-state index contributed by atoms with van der Waals surface area (Å²) in [6.45, 7) is -0.0291. The summed E-state index contributed by atoms with van der Waals surface area (Å²) in [5, 5.41) is 30.5. The SMILES string of the molecule is COc1cccc(C[C@@]2(C(=O)O)CN(C(=O)c3ncccc3O)CC[C@@H]2O)c1. The summed E-state index contributed by atoms with van der Waals surface area (Å²) in [6, 6.07) is 9.80. The lowest BCUT2D eigenvalue weighted by molar-refractivity contribution is -0.161. The maximum atomic E-state index is 12.8. The number of likely N-dealkylation sites (tertiary alicyclic amines) is 1. The van der Waals surface area contributed by atoms with E-state index in [1.165, 1.54) is 30.3 Å². The molecule has 2 heterocycles. The normalized spacial score (nSPS) is 21.9. The molecule has 1 saturated heterocycles. The molecular formula is C20H22N2O6. The Balaban J connectivity index is 1.92. The number of nitrogens with zero attached hydrogens (tertiary/aromatic N) is 2. The Kier molecular flexibility index (Phi) is 5.51. The van der Waals surface area contributed by atoms with E-state index in [9.17, 15) is 24.9 Å². The fourth-order valence-electron chi connectivity index (χ4n) is 3.57. The Labute approximate surface area is 162 Å². The van der Waals surface area contributed by atoms with Gasteiger partial charge in [-0.1, -0.05) is 12.1 Å². The van der Waals surface area contributed by atoms with Gasteiger partial charge in [-0.15, -0.1) is 0 Å². The van der Waals surface area contributed by atoms with Crippen molar-refractivity contribution in [2.45, 2.75) is 18.9 Å². The van der Waals surface area contributed by atoms with Crippen LogP contribution in [0.25, 0.3) is 0 Å². The quantitative estimate of drug-likeness (QED) is 0.709. The van der Waals surface area contributed by atoms with E-state index in [0.29, 0.717) is 11.3 Å². The van der Waals surface area contributed by atoms with Crippen molar-refractivity contribution < 1.29 is 29.6 Å². The fourth-order valence-corrected chi connectivity index (χ4v) is 3.57. The van der Waals surface area contributed by atoms with Gasteiger partial charge in [0.1, 0.15) is 16.9 Å². The molecule has 3 rings (SSSR count). The topological polar surface area (TPSA) is 120 Å². The van der Waals surface area contributed by atoms with Gasteiger partial charge in [0.05, 0.1) is 13.2 Å². The third kappa shape index (κ3) is 3.63. The molecule has 0 saturated carbocycles. The molecule has 1 aliphatic heterocycles. The number of amides is 1. The number of carbonyl (C=O) groups excluding carboxylic acids is 1. The van der Waals surface area contributed by atoms with Crippen LogP contribution >= 0.6 is 0 Å². The first-order chi connectivity index (χ1) is 13.4. The molecule has 2 aromatic rings. The van der Waals surface area contributed by atoms with Crippen LogP contribution in [0.3, 0.4) is 0 Å². The molecule has 0 radical (unpaired) electrons. The zero-order chi connectivity index (χ0) is 20.3. The van der Waals surface area contributed by atoms with Gasteiger partial charge in [0.15, 0.2) is 5.69 Å². The number of ether oxygens (including phenoxy) is 1. The van der Waals surface area contributed by atoms with Crippen molar-refractivity contribution in [3.63, 3.8) is 0 Å². The van der Waals surface area contributed by atoms with Gasteiger partial charge < -0.3 is 25.0 Å². The second-order valence-corrected chi connectivity index (χ2v) is 6.89. The summed E-state index contributed by atoms with van der Waals surface area (Å²) in [4.78, 5) is 30.2. The van der Waals surface area contributed by atoms with Crippen LogP contribution in [0.5, 0.6) is 11.5 Å². The molecule has 3 N–H and O–H groups in total. The predicted molar refractivity (Wildman–Crippen MR) is 99.2 cm³/mol. The maximum Gasteiger partial charge on any atom is 0.314 e. The van der Waals surface area contributed by atoms with Crippen LogP contribution in [0.4, 0.5) is 0 Å². The van der Waals surface area contributed by atoms with E-state index < -0.39 is 23.4 Å². The predicted octanol–water partition coefficient (Wildman–Crippen LogP) is 1.32. The summed E-state index contributed by atoms with van der Waals surface area (Å²) in [5.41, 5.74) is -1.04. The van der Waals surface area contributed by atoms with Gasteiger partial charge in [-0.05, 0) is 42.7 Å². The third-order valence-corrected chi connectivity index (χ3v) is 5.14. The number of aliphatic carboxylic acids is 1. The number of carbonyl (C=O) groups is 2.